The predicted molar refractivity (Wildman–Crippen MR) is 14.8 cm³/mol. The summed E-state index contributed by atoms with van der Waals surface area (Å²) >= 11 is 1.97. The average Bonchev–Trinajstić information content (AvgIpc) is 0.811. The van der Waals surface area contributed by atoms with Crippen molar-refractivity contribution in [3.8, 4) is 0 Å². The Balaban J connectivity index is 2.80. The maximum absolute atomic E-state index is 3.56. The summed E-state index contributed by atoms with van der Waals surface area (Å²) in [6.07, 6.45) is 0. The van der Waals surface area contributed by atoms with E-state index in [4.69, 9.17) is 0 Å². The van der Waals surface area contributed by atoms with Crippen LogP contribution in [0.25, 0.3) is 0 Å². The van der Waals surface area contributed by atoms with Gasteiger partial charge in [0.25, 0.3) is 0 Å². The van der Waals surface area contributed by atoms with Crippen molar-refractivity contribution in [2.45, 2.75) is 6.92 Å². The third kappa shape index (κ3) is 25.2. The van der Waals surface area contributed by atoms with Gasteiger partial charge in [0.05, 0.1) is 0 Å². The number of allylic oxidation sites excluding steroid dienone is 1. The van der Waals surface area contributed by atoms with Crippen LogP contribution in [-0.4, -0.2) is 0 Å². The molecule has 0 aromatic heterocycles. The summed E-state index contributed by atoms with van der Waals surface area (Å²) in [4.78, 5) is 0. The topological polar surface area (TPSA) is 0 Å². The quantitative estimate of drug-likeness (QED) is 0.389. The van der Waals surface area contributed by atoms with Crippen LogP contribution in [0.4, 0.5) is 0 Å². The first-order chi connectivity index (χ1) is 1.73. The second kappa shape index (κ2) is 1.74. The van der Waals surface area contributed by atoms with Crippen molar-refractivity contribution in [1.82, 2.24) is 0 Å². The van der Waals surface area contributed by atoms with E-state index in [9.17, 15) is 0 Å². The van der Waals surface area contributed by atoms with Gasteiger partial charge in [0, 0.05) is 0 Å². The van der Waals surface area contributed by atoms with Crippen LogP contribution < -0.4 is 0 Å². The van der Waals surface area contributed by atoms with Crippen molar-refractivity contribution in [2.24, 2.45) is 0 Å². The summed E-state index contributed by atoms with van der Waals surface area (Å²) in [6.45, 7) is 5.53. The first-order valence-corrected chi connectivity index (χ1v) is 1.88. The van der Waals surface area contributed by atoms with E-state index in [1.807, 2.05) is 27.4 Å². The SMILES string of the molecule is C=[C](C)[Ti]. The van der Waals surface area contributed by atoms with Crippen LogP contribution >= 0.6 is 0 Å². The third-order valence-electron chi connectivity index (χ3n) is 0. The van der Waals surface area contributed by atoms with Crippen LogP contribution in [0, 0.1) is 0 Å². The minimum absolute atomic E-state index is 1.17. The standard InChI is InChI=1S/C3H5.Ti/c1-3-2;/h1H2,2H3;. The summed E-state index contributed by atoms with van der Waals surface area (Å²) in [5.41, 5.74) is 0. The zero-order chi connectivity index (χ0) is 3.58. The molecule has 0 nitrogen and oxygen atoms in total. The molecular formula is C3H5Ti. The molecule has 0 aromatic carbocycles. The molecule has 21 valence electrons. The van der Waals surface area contributed by atoms with E-state index in [1.165, 1.54) is 3.88 Å². The predicted octanol–water partition coefficient (Wildman–Crippen LogP) is 1.07. The van der Waals surface area contributed by atoms with Crippen LogP contribution in [0.1, 0.15) is 6.92 Å². The van der Waals surface area contributed by atoms with Crippen LogP contribution in [-0.2, 0) is 20.4 Å². The Morgan fingerprint density at radius 2 is 2.00 bits per heavy atom. The molecule has 1 heteroatoms. The Morgan fingerprint density at radius 1 is 2.00 bits per heavy atom. The summed E-state index contributed by atoms with van der Waals surface area (Å²) in [7, 11) is 0. The van der Waals surface area contributed by atoms with Gasteiger partial charge in [-0.25, -0.2) is 0 Å². The fourth-order valence-electron chi connectivity index (χ4n) is 0. The van der Waals surface area contributed by atoms with Crippen molar-refractivity contribution in [3.63, 3.8) is 0 Å². The molecule has 0 spiro atoms. The van der Waals surface area contributed by atoms with Gasteiger partial charge in [0.1, 0.15) is 0 Å². The fourth-order valence-corrected chi connectivity index (χ4v) is 0. The molecule has 0 heterocycles. The monoisotopic (exact) mass is 89.0 g/mol. The van der Waals surface area contributed by atoms with Crippen molar-refractivity contribution >= 4 is 0 Å². The van der Waals surface area contributed by atoms with Crippen LogP contribution in [0.2, 0.25) is 0 Å². The molecule has 0 unspecified atom stereocenters. The number of hydrogen-bond acceptors (Lipinski definition) is 0. The van der Waals surface area contributed by atoms with E-state index in [1.54, 1.807) is 0 Å². The summed E-state index contributed by atoms with van der Waals surface area (Å²) in [5.74, 6) is 0. The van der Waals surface area contributed by atoms with Gasteiger partial charge < -0.3 is 0 Å². The first-order valence-electron chi connectivity index (χ1n) is 1.10. The zero-order valence-corrected chi connectivity index (χ0v) is 4.27. The van der Waals surface area contributed by atoms with E-state index in [0.717, 1.165) is 0 Å². The van der Waals surface area contributed by atoms with Crippen molar-refractivity contribution < 1.29 is 20.4 Å². The van der Waals surface area contributed by atoms with Gasteiger partial charge in [0.2, 0.25) is 0 Å². The van der Waals surface area contributed by atoms with Gasteiger partial charge in [-0.15, -0.1) is 0 Å². The molecule has 0 rings (SSSR count). The molecule has 0 saturated heterocycles. The summed E-state index contributed by atoms with van der Waals surface area (Å²) in [6, 6.07) is 0. The molecule has 0 fully saturated rings. The molecule has 0 atom stereocenters. The van der Waals surface area contributed by atoms with Gasteiger partial charge in [0.15, 0.2) is 0 Å². The molecule has 0 aromatic rings. The second-order valence-corrected chi connectivity index (χ2v) is 2.11. The van der Waals surface area contributed by atoms with Crippen LogP contribution in [0.15, 0.2) is 10.5 Å². The number of hydrogen-bond donors (Lipinski definition) is 0. The molecule has 0 bridgehead atoms. The van der Waals surface area contributed by atoms with E-state index >= 15 is 0 Å². The normalized spacial score (nSPS) is 6.00. The van der Waals surface area contributed by atoms with E-state index in [-0.39, 0.29) is 0 Å². The molecule has 0 N–H and O–H groups in total. The van der Waals surface area contributed by atoms with Crippen LogP contribution in [0.5, 0.6) is 0 Å². The Hall–Kier alpha value is 0.454. The van der Waals surface area contributed by atoms with Crippen LogP contribution in [0.3, 0.4) is 0 Å². The zero-order valence-electron chi connectivity index (χ0n) is 2.71. The Bertz CT molecular complexity index is 26.3. The van der Waals surface area contributed by atoms with Crippen molar-refractivity contribution in [1.29, 1.82) is 0 Å². The Kier molecular flexibility index (Phi) is 1.94. The molecular weight excluding hydrogens is 83.9 g/mol. The molecule has 0 amide bonds. The Morgan fingerprint density at radius 3 is 2.00 bits per heavy atom. The minimum atomic E-state index is 1.17. The maximum atomic E-state index is 3.56. The second-order valence-electron chi connectivity index (χ2n) is 0.780. The van der Waals surface area contributed by atoms with Gasteiger partial charge in [-0.1, -0.05) is 0 Å². The Labute approximate surface area is 38.3 Å². The van der Waals surface area contributed by atoms with Gasteiger partial charge in [-0.05, 0) is 0 Å². The number of rotatable bonds is 0. The third-order valence-corrected chi connectivity index (χ3v) is 0. The van der Waals surface area contributed by atoms with Gasteiger partial charge in [-0.2, -0.15) is 0 Å². The van der Waals surface area contributed by atoms with Crippen molar-refractivity contribution in [2.75, 3.05) is 0 Å². The summed E-state index contributed by atoms with van der Waals surface area (Å²) in [5, 5.41) is 0. The molecule has 0 saturated carbocycles. The van der Waals surface area contributed by atoms with Gasteiger partial charge in [-0.3, -0.25) is 0 Å². The molecule has 0 aliphatic carbocycles. The fraction of sp³-hybridized carbons (Fsp3) is 0.333. The van der Waals surface area contributed by atoms with E-state index < -0.39 is 0 Å². The summed E-state index contributed by atoms with van der Waals surface area (Å²) < 4.78 is 1.17. The van der Waals surface area contributed by atoms with E-state index in [0.29, 0.717) is 0 Å². The molecule has 0 aliphatic rings. The van der Waals surface area contributed by atoms with Gasteiger partial charge >= 0.3 is 37.8 Å². The average molecular weight is 88.9 g/mol. The van der Waals surface area contributed by atoms with Crippen molar-refractivity contribution in [3.05, 3.63) is 10.5 Å². The van der Waals surface area contributed by atoms with E-state index in [2.05, 4.69) is 6.58 Å². The first kappa shape index (κ1) is 4.45. The molecule has 0 aliphatic heterocycles. The molecule has 4 heavy (non-hydrogen) atoms. The molecule has 0 radical (unpaired) electrons.